The molecular formula is C13H7Cl3N2O3. The molecule has 5 nitrogen and oxygen atoms in total. The normalized spacial score (nSPS) is 10.2. The standard InChI is InChI=1S/C13H7Cl3N2O3/c14-9-4-7(1-2-8(9)13(20)21)18-12(19)6-3-10(15)11(16)17-5-6/h1-5H,(H,18,19)(H,20,21). The summed E-state index contributed by atoms with van der Waals surface area (Å²) in [5.41, 5.74) is 0.509. The van der Waals surface area contributed by atoms with Crippen molar-refractivity contribution in [1.82, 2.24) is 4.98 Å². The molecule has 0 fully saturated rings. The monoisotopic (exact) mass is 344 g/mol. The number of carbonyl (C=O) groups excluding carboxylic acids is 1. The van der Waals surface area contributed by atoms with E-state index in [4.69, 9.17) is 39.9 Å². The molecule has 2 aromatic rings. The van der Waals surface area contributed by atoms with Gasteiger partial charge in [-0.3, -0.25) is 4.79 Å². The van der Waals surface area contributed by atoms with Gasteiger partial charge in [0.05, 0.1) is 21.2 Å². The van der Waals surface area contributed by atoms with Crippen LogP contribution in [0.4, 0.5) is 5.69 Å². The molecule has 1 amide bonds. The van der Waals surface area contributed by atoms with Crippen LogP contribution >= 0.6 is 34.8 Å². The van der Waals surface area contributed by atoms with Crippen LogP contribution in [0.3, 0.4) is 0 Å². The van der Waals surface area contributed by atoms with E-state index < -0.39 is 11.9 Å². The van der Waals surface area contributed by atoms with Gasteiger partial charge in [0.2, 0.25) is 0 Å². The largest absolute Gasteiger partial charge is 0.478 e. The van der Waals surface area contributed by atoms with Gasteiger partial charge in [-0.05, 0) is 24.3 Å². The van der Waals surface area contributed by atoms with E-state index in [9.17, 15) is 9.59 Å². The Balaban J connectivity index is 2.21. The number of pyridine rings is 1. The van der Waals surface area contributed by atoms with E-state index in [1.54, 1.807) is 0 Å². The molecule has 0 saturated heterocycles. The van der Waals surface area contributed by atoms with Crippen molar-refractivity contribution in [1.29, 1.82) is 0 Å². The minimum absolute atomic E-state index is 0.0209. The Morgan fingerprint density at radius 2 is 1.81 bits per heavy atom. The topological polar surface area (TPSA) is 79.3 Å². The van der Waals surface area contributed by atoms with E-state index in [1.807, 2.05) is 0 Å². The molecule has 0 spiro atoms. The molecule has 21 heavy (non-hydrogen) atoms. The predicted molar refractivity (Wildman–Crippen MR) is 80.6 cm³/mol. The summed E-state index contributed by atoms with van der Waals surface area (Å²) in [5, 5.41) is 11.7. The predicted octanol–water partition coefficient (Wildman–Crippen LogP) is 3.99. The third-order valence-electron chi connectivity index (χ3n) is 2.52. The summed E-state index contributed by atoms with van der Waals surface area (Å²) in [6, 6.07) is 5.44. The molecule has 8 heteroatoms. The molecule has 108 valence electrons. The summed E-state index contributed by atoms with van der Waals surface area (Å²) in [6.07, 6.45) is 1.27. The SMILES string of the molecule is O=C(Nc1ccc(C(=O)O)c(Cl)c1)c1cnc(Cl)c(Cl)c1. The number of hydrogen-bond donors (Lipinski definition) is 2. The first kappa shape index (κ1) is 15.6. The van der Waals surface area contributed by atoms with Gasteiger partial charge < -0.3 is 10.4 Å². The third kappa shape index (κ3) is 3.64. The Morgan fingerprint density at radius 3 is 2.38 bits per heavy atom. The summed E-state index contributed by atoms with van der Waals surface area (Å²) in [5.74, 6) is -1.62. The summed E-state index contributed by atoms with van der Waals surface area (Å²) in [7, 11) is 0. The number of carboxylic acids is 1. The number of benzene rings is 1. The van der Waals surface area contributed by atoms with E-state index in [1.165, 1.54) is 30.5 Å². The van der Waals surface area contributed by atoms with Gasteiger partial charge in [-0.1, -0.05) is 34.8 Å². The molecule has 1 aromatic heterocycles. The quantitative estimate of drug-likeness (QED) is 0.824. The van der Waals surface area contributed by atoms with Crippen molar-refractivity contribution in [3.05, 3.63) is 56.8 Å². The van der Waals surface area contributed by atoms with Crippen LogP contribution in [0.15, 0.2) is 30.5 Å². The Hall–Kier alpha value is -1.82. The van der Waals surface area contributed by atoms with Gasteiger partial charge in [0.25, 0.3) is 5.91 Å². The first-order valence-corrected chi connectivity index (χ1v) is 6.67. The number of aromatic nitrogens is 1. The van der Waals surface area contributed by atoms with Crippen molar-refractivity contribution in [2.75, 3.05) is 5.32 Å². The minimum atomic E-state index is -1.15. The molecule has 0 radical (unpaired) electrons. The van der Waals surface area contributed by atoms with Gasteiger partial charge in [0.1, 0.15) is 5.15 Å². The molecule has 1 heterocycles. The molecule has 0 aliphatic carbocycles. The number of carboxylic acid groups (broad SMARTS) is 1. The maximum atomic E-state index is 12.0. The number of rotatable bonds is 3. The van der Waals surface area contributed by atoms with Crippen LogP contribution in [-0.4, -0.2) is 22.0 Å². The highest BCUT2D eigenvalue weighted by Gasteiger charge is 2.12. The molecule has 0 aliphatic heterocycles. The van der Waals surface area contributed by atoms with Crippen LogP contribution in [0.1, 0.15) is 20.7 Å². The van der Waals surface area contributed by atoms with Crippen LogP contribution in [0, 0.1) is 0 Å². The van der Waals surface area contributed by atoms with E-state index in [0.717, 1.165) is 0 Å². The van der Waals surface area contributed by atoms with Crippen LogP contribution in [0.5, 0.6) is 0 Å². The number of halogens is 3. The van der Waals surface area contributed by atoms with Gasteiger partial charge >= 0.3 is 5.97 Å². The maximum absolute atomic E-state index is 12.0. The van der Waals surface area contributed by atoms with Crippen molar-refractivity contribution >= 4 is 52.4 Å². The molecular weight excluding hydrogens is 339 g/mol. The molecule has 0 aliphatic rings. The second-order valence-electron chi connectivity index (χ2n) is 3.95. The number of aromatic carboxylic acids is 1. The fourth-order valence-electron chi connectivity index (χ4n) is 1.51. The third-order valence-corrected chi connectivity index (χ3v) is 3.51. The van der Waals surface area contributed by atoms with Gasteiger partial charge in [0, 0.05) is 11.9 Å². The highest BCUT2D eigenvalue weighted by Crippen LogP contribution is 2.23. The summed E-state index contributed by atoms with van der Waals surface area (Å²) >= 11 is 17.3. The summed E-state index contributed by atoms with van der Waals surface area (Å²) < 4.78 is 0. The highest BCUT2D eigenvalue weighted by molar-refractivity contribution is 6.41. The average molecular weight is 346 g/mol. The van der Waals surface area contributed by atoms with Gasteiger partial charge in [-0.25, -0.2) is 9.78 Å². The average Bonchev–Trinajstić information content (AvgIpc) is 2.41. The molecule has 0 bridgehead atoms. The first-order chi connectivity index (χ1) is 9.88. The Morgan fingerprint density at radius 1 is 1.10 bits per heavy atom. The molecule has 0 unspecified atom stereocenters. The van der Waals surface area contributed by atoms with Crippen LogP contribution < -0.4 is 5.32 Å². The fraction of sp³-hybridized carbons (Fsp3) is 0. The lowest BCUT2D eigenvalue weighted by Crippen LogP contribution is -2.12. The van der Waals surface area contributed by atoms with Crippen molar-refractivity contribution in [2.45, 2.75) is 0 Å². The van der Waals surface area contributed by atoms with E-state index in [2.05, 4.69) is 10.3 Å². The lowest BCUT2D eigenvalue weighted by Gasteiger charge is -2.07. The van der Waals surface area contributed by atoms with Gasteiger partial charge in [-0.15, -0.1) is 0 Å². The molecule has 0 atom stereocenters. The van der Waals surface area contributed by atoms with Crippen LogP contribution in [0.2, 0.25) is 15.2 Å². The number of anilines is 1. The van der Waals surface area contributed by atoms with E-state index in [-0.39, 0.29) is 26.3 Å². The fourth-order valence-corrected chi connectivity index (χ4v) is 2.05. The zero-order valence-electron chi connectivity index (χ0n) is 10.2. The smallest absolute Gasteiger partial charge is 0.337 e. The van der Waals surface area contributed by atoms with Gasteiger partial charge in [0.15, 0.2) is 0 Å². The van der Waals surface area contributed by atoms with Crippen LogP contribution in [0.25, 0.3) is 0 Å². The highest BCUT2D eigenvalue weighted by atomic mass is 35.5. The lowest BCUT2D eigenvalue weighted by molar-refractivity contribution is 0.0697. The lowest BCUT2D eigenvalue weighted by atomic mass is 10.2. The van der Waals surface area contributed by atoms with Crippen molar-refractivity contribution in [2.24, 2.45) is 0 Å². The Bertz CT molecular complexity index is 735. The Kier molecular flexibility index (Phi) is 4.67. The number of amides is 1. The molecule has 1 aromatic carbocycles. The van der Waals surface area contributed by atoms with Crippen molar-refractivity contribution in [3.8, 4) is 0 Å². The van der Waals surface area contributed by atoms with Crippen molar-refractivity contribution in [3.63, 3.8) is 0 Å². The van der Waals surface area contributed by atoms with E-state index >= 15 is 0 Å². The molecule has 2 rings (SSSR count). The van der Waals surface area contributed by atoms with E-state index in [0.29, 0.717) is 5.69 Å². The number of carbonyl (C=O) groups is 2. The van der Waals surface area contributed by atoms with Crippen LogP contribution in [-0.2, 0) is 0 Å². The van der Waals surface area contributed by atoms with Gasteiger partial charge in [-0.2, -0.15) is 0 Å². The zero-order valence-corrected chi connectivity index (χ0v) is 12.5. The number of nitrogens with one attached hydrogen (secondary N) is 1. The number of hydrogen-bond acceptors (Lipinski definition) is 3. The molecule has 0 saturated carbocycles. The zero-order chi connectivity index (χ0) is 15.6. The maximum Gasteiger partial charge on any atom is 0.337 e. The first-order valence-electron chi connectivity index (χ1n) is 5.53. The Labute approximate surface area is 134 Å². The minimum Gasteiger partial charge on any atom is -0.478 e. The summed E-state index contributed by atoms with van der Waals surface area (Å²) in [4.78, 5) is 26.6. The second kappa shape index (κ2) is 6.30. The summed E-state index contributed by atoms with van der Waals surface area (Å²) in [6.45, 7) is 0. The molecule has 2 N–H and O–H groups in total. The second-order valence-corrected chi connectivity index (χ2v) is 5.12. The van der Waals surface area contributed by atoms with Crippen molar-refractivity contribution < 1.29 is 14.7 Å². The number of nitrogens with zero attached hydrogens (tertiary/aromatic N) is 1.